The fraction of sp³-hybridized carbons (Fsp3) is 0.290. The number of carbonyl (C=O) groups excluding carboxylic acids is 1. The Morgan fingerprint density at radius 3 is 2.55 bits per heavy atom. The van der Waals surface area contributed by atoms with Crippen LogP contribution in [0.5, 0.6) is 5.75 Å². The van der Waals surface area contributed by atoms with E-state index in [-0.39, 0.29) is 11.3 Å². The summed E-state index contributed by atoms with van der Waals surface area (Å²) < 4.78 is 8.86. The largest absolute Gasteiger partial charge is 0.489 e. The zero-order valence-corrected chi connectivity index (χ0v) is 25.1. The number of ether oxygens (including phenoxy) is 1. The molecule has 1 aliphatic rings. The van der Waals surface area contributed by atoms with Crippen molar-refractivity contribution in [2.45, 2.75) is 59.6 Å². The topological polar surface area (TPSA) is 94.0 Å². The van der Waals surface area contributed by atoms with E-state index in [0.29, 0.717) is 29.6 Å². The first-order chi connectivity index (χ1) is 19.0. The first kappa shape index (κ1) is 27.6. The second kappa shape index (κ2) is 10.9. The van der Waals surface area contributed by atoms with Crippen molar-refractivity contribution in [3.05, 3.63) is 104 Å². The summed E-state index contributed by atoms with van der Waals surface area (Å²) in [4.78, 5) is 13.9. The number of benzene rings is 3. The molecular weight excluding hydrogens is 568 g/mol. The molecule has 1 amide bonds. The van der Waals surface area contributed by atoms with Gasteiger partial charge in [-0.05, 0) is 83.1 Å². The minimum atomic E-state index is -0.618. The van der Waals surface area contributed by atoms with Crippen LogP contribution in [0.3, 0.4) is 0 Å². The number of allylic oxidation sites excluding steroid dienone is 1. The van der Waals surface area contributed by atoms with Crippen LogP contribution in [-0.4, -0.2) is 26.1 Å². The Morgan fingerprint density at radius 1 is 1.07 bits per heavy atom. The van der Waals surface area contributed by atoms with Crippen LogP contribution in [0.25, 0.3) is 0 Å². The van der Waals surface area contributed by atoms with Gasteiger partial charge in [0, 0.05) is 21.4 Å². The molecule has 4 aromatic rings. The van der Waals surface area contributed by atoms with Gasteiger partial charge in [-0.3, -0.25) is 4.79 Å². The number of tetrazole rings is 1. The van der Waals surface area contributed by atoms with E-state index in [0.717, 1.165) is 32.4 Å². The average Bonchev–Trinajstić information content (AvgIpc) is 3.37. The number of anilines is 2. The highest BCUT2D eigenvalue weighted by Gasteiger charge is 2.36. The molecule has 0 saturated carbocycles. The van der Waals surface area contributed by atoms with E-state index in [1.807, 2.05) is 57.2 Å². The number of rotatable bonds is 6. The normalized spacial score (nSPS) is 14.9. The minimum absolute atomic E-state index is 0.0784. The number of nitrogens with one attached hydrogen (secondary N) is 2. The molecule has 2 N–H and O–H groups in total. The fourth-order valence-electron chi connectivity index (χ4n) is 4.80. The maximum atomic E-state index is 13.9. The zero-order valence-electron chi connectivity index (χ0n) is 23.5. The van der Waals surface area contributed by atoms with Crippen LogP contribution in [0.1, 0.15) is 61.6 Å². The van der Waals surface area contributed by atoms with E-state index < -0.39 is 6.04 Å². The van der Waals surface area contributed by atoms with Gasteiger partial charge in [0.25, 0.3) is 5.91 Å². The lowest BCUT2D eigenvalue weighted by Crippen LogP contribution is -2.32. The number of hydrogen-bond donors (Lipinski definition) is 2. The molecule has 40 heavy (non-hydrogen) atoms. The summed E-state index contributed by atoms with van der Waals surface area (Å²) in [6.45, 7) is 12.8. The molecule has 8 nitrogen and oxygen atoms in total. The van der Waals surface area contributed by atoms with Gasteiger partial charge in [-0.25, -0.2) is 0 Å². The van der Waals surface area contributed by atoms with Crippen molar-refractivity contribution < 1.29 is 9.53 Å². The number of hydrogen-bond acceptors (Lipinski definition) is 6. The quantitative estimate of drug-likeness (QED) is 0.251. The first-order valence-corrected chi connectivity index (χ1v) is 14.0. The van der Waals surface area contributed by atoms with Crippen molar-refractivity contribution in [2.75, 3.05) is 10.6 Å². The van der Waals surface area contributed by atoms with Gasteiger partial charge in [-0.1, -0.05) is 78.2 Å². The summed E-state index contributed by atoms with van der Waals surface area (Å²) in [5, 5.41) is 18.6. The molecule has 0 aliphatic carbocycles. The van der Waals surface area contributed by atoms with Gasteiger partial charge in [0.2, 0.25) is 5.95 Å². The number of aromatic nitrogens is 4. The first-order valence-electron chi connectivity index (χ1n) is 13.2. The molecule has 206 valence electrons. The number of nitrogens with zero attached hydrogens (tertiary/aromatic N) is 4. The Bertz CT molecular complexity index is 1600. The van der Waals surface area contributed by atoms with Crippen LogP contribution < -0.4 is 15.4 Å². The van der Waals surface area contributed by atoms with Gasteiger partial charge in [-0.2, -0.15) is 4.68 Å². The molecule has 1 aromatic heterocycles. The highest BCUT2D eigenvalue weighted by molar-refractivity contribution is 9.10. The van der Waals surface area contributed by atoms with Gasteiger partial charge in [0.15, 0.2) is 0 Å². The summed E-state index contributed by atoms with van der Waals surface area (Å²) in [7, 11) is 0. The number of halogens is 1. The van der Waals surface area contributed by atoms with Crippen LogP contribution in [0.15, 0.2) is 76.4 Å². The molecule has 0 spiro atoms. The molecule has 0 radical (unpaired) electrons. The Hall–Kier alpha value is -3.98. The summed E-state index contributed by atoms with van der Waals surface area (Å²) in [5.41, 5.74) is 7.20. The lowest BCUT2D eigenvalue weighted by atomic mass is 9.87. The predicted molar refractivity (Wildman–Crippen MR) is 160 cm³/mol. The maximum Gasteiger partial charge on any atom is 0.255 e. The van der Waals surface area contributed by atoms with E-state index in [9.17, 15) is 4.79 Å². The second-order valence-electron chi connectivity index (χ2n) is 11.1. The lowest BCUT2D eigenvalue weighted by molar-refractivity contribution is -0.113. The lowest BCUT2D eigenvalue weighted by Gasteiger charge is -2.29. The summed E-state index contributed by atoms with van der Waals surface area (Å²) in [6.07, 6.45) is 0. The maximum absolute atomic E-state index is 13.9. The third-order valence-corrected chi connectivity index (χ3v) is 7.79. The monoisotopic (exact) mass is 600 g/mol. The SMILES string of the molecule is CC1=C(C(=O)Nc2cccc(C)c2C)C(c2cc(Br)ccc2OCc2ccc(C(C)(C)C)cc2)n2nnnc2N1. The van der Waals surface area contributed by atoms with Gasteiger partial charge in [0.1, 0.15) is 18.4 Å². The van der Waals surface area contributed by atoms with Gasteiger partial charge >= 0.3 is 0 Å². The predicted octanol–water partition coefficient (Wildman–Crippen LogP) is 6.86. The molecule has 3 aromatic carbocycles. The zero-order chi connectivity index (χ0) is 28.6. The standard InChI is InChI=1S/C31H33BrN6O2/c1-18-8-7-9-25(19(18)2)34-29(39)27-20(3)33-30-35-36-37-38(30)28(27)24-16-23(32)14-15-26(24)40-17-21-10-12-22(13-11-21)31(4,5)6/h7-16,28H,17H2,1-6H3,(H,34,39)(H,33,35,37). The Labute approximate surface area is 243 Å². The van der Waals surface area contributed by atoms with Gasteiger partial charge < -0.3 is 15.4 Å². The third kappa shape index (κ3) is 5.51. The van der Waals surface area contributed by atoms with E-state index in [1.165, 1.54) is 5.56 Å². The molecule has 0 bridgehead atoms. The number of aryl methyl sites for hydroxylation is 1. The molecular formula is C31H33BrN6O2. The smallest absolute Gasteiger partial charge is 0.255 e. The van der Waals surface area contributed by atoms with Crippen LogP contribution in [0.2, 0.25) is 0 Å². The molecule has 0 fully saturated rings. The molecule has 1 unspecified atom stereocenters. The fourth-order valence-corrected chi connectivity index (χ4v) is 5.18. The van der Waals surface area contributed by atoms with Crippen LogP contribution in [0.4, 0.5) is 11.6 Å². The molecule has 1 atom stereocenters. The highest BCUT2D eigenvalue weighted by atomic mass is 79.9. The second-order valence-corrected chi connectivity index (χ2v) is 12.0. The molecule has 5 rings (SSSR count). The van der Waals surface area contributed by atoms with Crippen LogP contribution in [0, 0.1) is 13.8 Å². The van der Waals surface area contributed by atoms with Crippen molar-refractivity contribution in [3.8, 4) is 5.75 Å². The van der Waals surface area contributed by atoms with Crippen LogP contribution in [-0.2, 0) is 16.8 Å². The van der Waals surface area contributed by atoms with Crippen molar-refractivity contribution in [1.29, 1.82) is 0 Å². The highest BCUT2D eigenvalue weighted by Crippen LogP contribution is 2.40. The average molecular weight is 602 g/mol. The van der Waals surface area contributed by atoms with Crippen molar-refractivity contribution in [3.63, 3.8) is 0 Å². The van der Waals surface area contributed by atoms with E-state index in [2.05, 4.69) is 87.1 Å². The number of amides is 1. The third-order valence-electron chi connectivity index (χ3n) is 7.29. The minimum Gasteiger partial charge on any atom is -0.489 e. The number of carbonyl (C=O) groups is 1. The van der Waals surface area contributed by atoms with Crippen molar-refractivity contribution >= 4 is 33.5 Å². The van der Waals surface area contributed by atoms with Crippen molar-refractivity contribution in [2.24, 2.45) is 0 Å². The molecule has 9 heteroatoms. The summed E-state index contributed by atoms with van der Waals surface area (Å²) >= 11 is 3.61. The molecule has 2 heterocycles. The Balaban J connectivity index is 1.51. The molecule has 0 saturated heterocycles. The Kier molecular flexibility index (Phi) is 7.51. The van der Waals surface area contributed by atoms with Crippen molar-refractivity contribution in [1.82, 2.24) is 20.2 Å². The Morgan fingerprint density at radius 2 is 1.82 bits per heavy atom. The van der Waals surface area contributed by atoms with E-state index >= 15 is 0 Å². The van der Waals surface area contributed by atoms with E-state index in [4.69, 9.17) is 4.74 Å². The van der Waals surface area contributed by atoms with Gasteiger partial charge in [-0.15, -0.1) is 0 Å². The van der Waals surface area contributed by atoms with Gasteiger partial charge in [0.05, 0.1) is 5.57 Å². The van der Waals surface area contributed by atoms with E-state index in [1.54, 1.807) is 4.68 Å². The number of fused-ring (bicyclic) bond motifs is 1. The van der Waals surface area contributed by atoms with Crippen LogP contribution >= 0.6 is 15.9 Å². The summed E-state index contributed by atoms with van der Waals surface area (Å²) in [6, 6.07) is 19.5. The summed E-state index contributed by atoms with van der Waals surface area (Å²) in [5.74, 6) is 0.851. The molecule has 1 aliphatic heterocycles.